The number of rotatable bonds is 9. The summed E-state index contributed by atoms with van der Waals surface area (Å²) in [5, 5.41) is 8.52. The van der Waals surface area contributed by atoms with E-state index in [4.69, 9.17) is 23.8 Å². The first kappa shape index (κ1) is 28.1. The molecule has 0 bridgehead atoms. The predicted molar refractivity (Wildman–Crippen MR) is 155 cm³/mol. The van der Waals surface area contributed by atoms with Gasteiger partial charge in [0.2, 0.25) is 0 Å². The summed E-state index contributed by atoms with van der Waals surface area (Å²) in [5.41, 5.74) is 20.2. The largest absolute Gasteiger partial charge is 0.326 e. The van der Waals surface area contributed by atoms with E-state index in [1.165, 1.54) is 27.8 Å². The zero-order chi connectivity index (χ0) is 25.8. The van der Waals surface area contributed by atoms with Gasteiger partial charge in [-0.1, -0.05) is 50.8 Å². The Labute approximate surface area is 213 Å². The standard InChI is InChI=1S/C31H44N2S/c1-10-25(19(3)4)29(31(34,11-2)24(9)33)17-22(7)23(8)28(18-32)27-14-12-13-26-20(5)15-16-21(6)30(26)27/h15-17,33-34H,3,8,10-14,18,32H2,1-2,4-7,9H3/b22-17+,28-27-,29-25+,33-24?/t31-/m1/s1. The third-order valence-corrected chi connectivity index (χ3v) is 8.34. The summed E-state index contributed by atoms with van der Waals surface area (Å²) in [6, 6.07) is 4.46. The average molecular weight is 477 g/mol. The van der Waals surface area contributed by atoms with Crippen LogP contribution in [0.4, 0.5) is 0 Å². The molecule has 3 N–H and O–H groups in total. The Morgan fingerprint density at radius 1 is 1.12 bits per heavy atom. The summed E-state index contributed by atoms with van der Waals surface area (Å²) >= 11 is 5.04. The molecule has 2 rings (SSSR count). The summed E-state index contributed by atoms with van der Waals surface area (Å²) in [6.07, 6.45) is 7.03. The molecule has 0 heterocycles. The van der Waals surface area contributed by atoms with E-state index in [9.17, 15) is 0 Å². The van der Waals surface area contributed by atoms with Crippen LogP contribution in [0.5, 0.6) is 0 Å². The van der Waals surface area contributed by atoms with Gasteiger partial charge in [-0.3, -0.25) is 0 Å². The molecule has 0 spiro atoms. The molecule has 1 aromatic rings. The molecule has 184 valence electrons. The molecular weight excluding hydrogens is 432 g/mol. The number of thiol groups is 1. The highest BCUT2D eigenvalue weighted by molar-refractivity contribution is 7.83. The molecule has 0 fully saturated rings. The second-order valence-electron chi connectivity index (χ2n) is 9.74. The van der Waals surface area contributed by atoms with Crippen LogP contribution in [0.2, 0.25) is 0 Å². The molecule has 1 aliphatic rings. The van der Waals surface area contributed by atoms with Gasteiger partial charge in [-0.25, -0.2) is 0 Å². The molecule has 0 aromatic heterocycles. The van der Waals surface area contributed by atoms with Crippen molar-refractivity contribution in [2.24, 2.45) is 5.73 Å². The Bertz CT molecular complexity index is 1100. The van der Waals surface area contributed by atoms with E-state index in [0.29, 0.717) is 12.3 Å². The second-order valence-corrected chi connectivity index (χ2v) is 10.5. The molecule has 2 nitrogen and oxygen atoms in total. The van der Waals surface area contributed by atoms with E-state index < -0.39 is 4.75 Å². The number of aryl methyl sites for hydroxylation is 2. The minimum absolute atomic E-state index is 0.454. The van der Waals surface area contributed by atoms with E-state index in [-0.39, 0.29) is 0 Å². The molecule has 0 amide bonds. The molecule has 0 radical (unpaired) electrons. The van der Waals surface area contributed by atoms with Crippen LogP contribution >= 0.6 is 12.6 Å². The fourth-order valence-corrected chi connectivity index (χ4v) is 5.49. The molecule has 1 aromatic carbocycles. The quantitative estimate of drug-likeness (QED) is 0.187. The Morgan fingerprint density at radius 3 is 2.24 bits per heavy atom. The van der Waals surface area contributed by atoms with Crippen LogP contribution in [0.25, 0.3) is 5.57 Å². The highest BCUT2D eigenvalue weighted by Gasteiger charge is 2.32. The normalized spacial score (nSPS) is 18.0. The first-order valence-electron chi connectivity index (χ1n) is 12.5. The maximum absolute atomic E-state index is 8.52. The Hall–Kier alpha value is -2.10. The van der Waals surface area contributed by atoms with Crippen LogP contribution in [-0.4, -0.2) is 17.0 Å². The number of fused-ring (bicyclic) bond motifs is 1. The monoisotopic (exact) mass is 476 g/mol. The number of nitrogens with two attached hydrogens (primary N) is 1. The van der Waals surface area contributed by atoms with Crippen LogP contribution < -0.4 is 5.73 Å². The van der Waals surface area contributed by atoms with E-state index in [1.54, 1.807) is 0 Å². The molecule has 34 heavy (non-hydrogen) atoms. The zero-order valence-electron chi connectivity index (χ0n) is 22.4. The van der Waals surface area contributed by atoms with Crippen LogP contribution in [0, 0.1) is 19.3 Å². The zero-order valence-corrected chi connectivity index (χ0v) is 23.3. The number of hydrogen-bond acceptors (Lipinski definition) is 3. The lowest BCUT2D eigenvalue weighted by Crippen LogP contribution is -2.32. The van der Waals surface area contributed by atoms with Crippen LogP contribution in [-0.2, 0) is 6.42 Å². The van der Waals surface area contributed by atoms with Crippen LogP contribution in [0.3, 0.4) is 0 Å². The third kappa shape index (κ3) is 5.42. The second kappa shape index (κ2) is 11.6. The molecule has 3 heteroatoms. The molecule has 0 saturated heterocycles. The predicted octanol–water partition coefficient (Wildman–Crippen LogP) is 8.26. The molecule has 1 atom stereocenters. The number of benzene rings is 1. The van der Waals surface area contributed by atoms with Crippen molar-refractivity contribution in [2.45, 2.75) is 85.3 Å². The maximum atomic E-state index is 8.52. The van der Waals surface area contributed by atoms with Crippen molar-refractivity contribution in [3.05, 3.63) is 87.1 Å². The number of allylic oxidation sites excluding steroid dienone is 5. The topological polar surface area (TPSA) is 49.9 Å². The number of hydrogen-bond donors (Lipinski definition) is 3. The van der Waals surface area contributed by atoms with Gasteiger partial charge < -0.3 is 11.1 Å². The first-order valence-corrected chi connectivity index (χ1v) is 13.0. The van der Waals surface area contributed by atoms with E-state index in [0.717, 1.165) is 65.5 Å². The van der Waals surface area contributed by atoms with Crippen LogP contribution in [0.1, 0.15) is 82.6 Å². The Balaban J connectivity index is 2.75. The molecule has 0 saturated carbocycles. The van der Waals surface area contributed by atoms with E-state index in [2.05, 4.69) is 66.0 Å². The molecule has 0 unspecified atom stereocenters. The van der Waals surface area contributed by atoms with Crippen molar-refractivity contribution in [1.29, 1.82) is 5.41 Å². The van der Waals surface area contributed by atoms with Crippen molar-refractivity contribution in [3.8, 4) is 0 Å². The van der Waals surface area contributed by atoms with E-state index >= 15 is 0 Å². The summed E-state index contributed by atoms with van der Waals surface area (Å²) in [5.74, 6) is 0. The van der Waals surface area contributed by atoms with Gasteiger partial charge in [0.1, 0.15) is 0 Å². The Morgan fingerprint density at radius 2 is 1.74 bits per heavy atom. The summed E-state index contributed by atoms with van der Waals surface area (Å²) in [7, 11) is 0. The van der Waals surface area contributed by atoms with Crippen molar-refractivity contribution < 1.29 is 0 Å². The van der Waals surface area contributed by atoms with E-state index in [1.807, 2.05) is 13.8 Å². The SMILES string of the molecule is C=C(/C(C)=C/C(=C(/CC)C(=C)C)[C@@](S)(CC)C(C)=N)/C(CN)=C1/CCCc2c(C)ccc(C)c21. The van der Waals surface area contributed by atoms with Gasteiger partial charge >= 0.3 is 0 Å². The van der Waals surface area contributed by atoms with Crippen molar-refractivity contribution in [1.82, 2.24) is 0 Å². The highest BCUT2D eigenvalue weighted by Crippen LogP contribution is 2.41. The minimum Gasteiger partial charge on any atom is -0.326 e. The third-order valence-electron chi connectivity index (χ3n) is 7.45. The van der Waals surface area contributed by atoms with Gasteiger partial charge in [0, 0.05) is 12.3 Å². The van der Waals surface area contributed by atoms with Gasteiger partial charge in [0.15, 0.2) is 0 Å². The van der Waals surface area contributed by atoms with Gasteiger partial charge in [-0.2, -0.15) is 12.6 Å². The molecular formula is C31H44N2S. The lowest BCUT2D eigenvalue weighted by molar-refractivity contribution is 0.807. The smallest absolute Gasteiger partial charge is 0.0749 e. The van der Waals surface area contributed by atoms with Crippen LogP contribution in [0.15, 0.2) is 64.8 Å². The summed E-state index contributed by atoms with van der Waals surface area (Å²) in [4.78, 5) is 0. The lowest BCUT2D eigenvalue weighted by Gasteiger charge is -2.32. The van der Waals surface area contributed by atoms with Gasteiger partial charge in [0.05, 0.1) is 4.75 Å². The van der Waals surface area contributed by atoms with Gasteiger partial charge in [0.25, 0.3) is 0 Å². The highest BCUT2D eigenvalue weighted by atomic mass is 32.1. The molecule has 1 aliphatic carbocycles. The summed E-state index contributed by atoms with van der Waals surface area (Å²) in [6.45, 7) is 23.9. The van der Waals surface area contributed by atoms with Gasteiger partial charge in [-0.15, -0.1) is 0 Å². The number of nitrogens with one attached hydrogen (secondary N) is 1. The first-order chi connectivity index (χ1) is 15.9. The fourth-order valence-electron chi connectivity index (χ4n) is 5.29. The summed E-state index contributed by atoms with van der Waals surface area (Å²) < 4.78 is -0.646. The lowest BCUT2D eigenvalue weighted by atomic mass is 9.78. The van der Waals surface area contributed by atoms with Crippen molar-refractivity contribution in [3.63, 3.8) is 0 Å². The van der Waals surface area contributed by atoms with Crippen molar-refractivity contribution in [2.75, 3.05) is 6.54 Å². The average Bonchev–Trinajstić information content (AvgIpc) is 2.80. The Kier molecular flexibility index (Phi) is 9.56. The molecule has 0 aliphatic heterocycles. The van der Waals surface area contributed by atoms with Gasteiger partial charge in [-0.05, 0) is 122 Å². The fraction of sp³-hybridized carbons (Fsp3) is 0.452. The van der Waals surface area contributed by atoms with Crippen molar-refractivity contribution >= 4 is 23.9 Å². The minimum atomic E-state index is -0.646. The maximum Gasteiger partial charge on any atom is 0.0749 e.